The first kappa shape index (κ1) is 16.3. The maximum Gasteiger partial charge on any atom is 0.391 e. The number of halogens is 4. The van der Waals surface area contributed by atoms with Crippen LogP contribution in [0.25, 0.3) is 0 Å². The van der Waals surface area contributed by atoms with Gasteiger partial charge in [0.1, 0.15) is 0 Å². The number of alkyl halides is 3. The first-order chi connectivity index (χ1) is 9.45. The van der Waals surface area contributed by atoms with E-state index in [1.807, 2.05) is 5.38 Å². The summed E-state index contributed by atoms with van der Waals surface area (Å²) in [6.45, 7) is 3.55. The Bertz CT molecular complexity index is 414. The van der Waals surface area contributed by atoms with Crippen LogP contribution in [-0.4, -0.2) is 37.3 Å². The molecule has 1 aliphatic rings. The lowest BCUT2D eigenvalue weighted by Gasteiger charge is -2.32. The van der Waals surface area contributed by atoms with Gasteiger partial charge in [-0.15, -0.1) is 11.3 Å². The fourth-order valence-electron chi connectivity index (χ4n) is 2.38. The van der Waals surface area contributed by atoms with Gasteiger partial charge in [-0.2, -0.15) is 13.2 Å². The topological polar surface area (TPSA) is 15.3 Å². The Morgan fingerprint density at radius 1 is 1.35 bits per heavy atom. The molecule has 0 unspecified atom stereocenters. The minimum atomic E-state index is -4.02. The molecule has 2 rings (SSSR count). The van der Waals surface area contributed by atoms with Crippen LogP contribution in [-0.2, 0) is 6.54 Å². The molecule has 0 spiro atoms. The summed E-state index contributed by atoms with van der Waals surface area (Å²) in [4.78, 5) is 3.37. The van der Waals surface area contributed by atoms with Crippen molar-refractivity contribution in [3.05, 3.63) is 20.8 Å². The Balaban J connectivity index is 1.59. The van der Waals surface area contributed by atoms with Gasteiger partial charge in [-0.1, -0.05) is 0 Å². The maximum absolute atomic E-state index is 12.5. The Labute approximate surface area is 129 Å². The molecule has 0 amide bonds. The van der Waals surface area contributed by atoms with Crippen molar-refractivity contribution < 1.29 is 13.2 Å². The van der Waals surface area contributed by atoms with Crippen LogP contribution in [0.3, 0.4) is 0 Å². The lowest BCUT2D eigenvalue weighted by atomic mass is 9.96. The normalized spacial score (nSPS) is 18.6. The average Bonchev–Trinajstić information content (AvgIpc) is 2.80. The van der Waals surface area contributed by atoms with Crippen molar-refractivity contribution in [1.29, 1.82) is 0 Å². The zero-order valence-electron chi connectivity index (χ0n) is 11.0. The molecule has 1 aromatic heterocycles. The minimum absolute atomic E-state index is 0.237. The Morgan fingerprint density at radius 2 is 2.05 bits per heavy atom. The number of hydrogen-bond acceptors (Lipinski definition) is 3. The summed E-state index contributed by atoms with van der Waals surface area (Å²) in [5, 5.41) is 5.37. The van der Waals surface area contributed by atoms with Gasteiger partial charge in [0.15, 0.2) is 0 Å². The average molecular weight is 371 g/mol. The number of likely N-dealkylation sites (tertiary alicyclic amines) is 1. The van der Waals surface area contributed by atoms with E-state index < -0.39 is 12.1 Å². The fourth-order valence-corrected chi connectivity index (χ4v) is 3.80. The van der Waals surface area contributed by atoms with E-state index in [1.54, 1.807) is 11.3 Å². The van der Waals surface area contributed by atoms with E-state index in [4.69, 9.17) is 0 Å². The molecule has 0 bridgehead atoms. The smallest absolute Gasteiger partial charge is 0.311 e. The van der Waals surface area contributed by atoms with E-state index in [-0.39, 0.29) is 12.8 Å². The number of piperidine rings is 1. The lowest BCUT2D eigenvalue weighted by molar-refractivity contribution is -0.184. The SMILES string of the molecule is FC(F)(F)C1CCN(CCNCc2cc(Br)cs2)CC1. The van der Waals surface area contributed by atoms with E-state index >= 15 is 0 Å². The zero-order chi connectivity index (χ0) is 14.6. The van der Waals surface area contributed by atoms with Crippen molar-refractivity contribution in [3.8, 4) is 0 Å². The van der Waals surface area contributed by atoms with E-state index in [9.17, 15) is 13.2 Å². The number of thiophene rings is 1. The molecule has 0 radical (unpaired) electrons. The molecule has 2 nitrogen and oxygen atoms in total. The quantitative estimate of drug-likeness (QED) is 0.791. The van der Waals surface area contributed by atoms with Crippen molar-refractivity contribution in [1.82, 2.24) is 10.2 Å². The van der Waals surface area contributed by atoms with Gasteiger partial charge in [-0.05, 0) is 47.9 Å². The molecule has 7 heteroatoms. The van der Waals surface area contributed by atoms with Crippen molar-refractivity contribution in [2.45, 2.75) is 25.6 Å². The highest BCUT2D eigenvalue weighted by Gasteiger charge is 2.40. The summed E-state index contributed by atoms with van der Waals surface area (Å²) >= 11 is 5.10. The highest BCUT2D eigenvalue weighted by Crippen LogP contribution is 2.33. The fraction of sp³-hybridized carbons (Fsp3) is 0.692. The molecule has 2 heterocycles. The van der Waals surface area contributed by atoms with Gasteiger partial charge in [0.25, 0.3) is 0 Å². The van der Waals surface area contributed by atoms with Gasteiger partial charge in [-0.3, -0.25) is 0 Å². The van der Waals surface area contributed by atoms with Gasteiger partial charge < -0.3 is 10.2 Å². The van der Waals surface area contributed by atoms with E-state index in [0.717, 1.165) is 24.1 Å². The molecule has 1 aromatic rings. The molecule has 0 saturated carbocycles. The third kappa shape index (κ3) is 5.02. The second kappa shape index (κ2) is 7.24. The second-order valence-corrected chi connectivity index (χ2v) is 6.98. The van der Waals surface area contributed by atoms with Crippen LogP contribution in [0.4, 0.5) is 13.2 Å². The predicted octanol–water partition coefficient (Wildman–Crippen LogP) is 3.87. The standard InChI is InChI=1S/C13H18BrF3N2S/c14-11-7-12(20-9-11)8-18-3-6-19-4-1-10(2-5-19)13(15,16)17/h7,9-10,18H,1-6,8H2. The van der Waals surface area contributed by atoms with Gasteiger partial charge >= 0.3 is 6.18 Å². The Kier molecular flexibility index (Phi) is 5.89. The molecule has 20 heavy (non-hydrogen) atoms. The highest BCUT2D eigenvalue weighted by molar-refractivity contribution is 9.10. The summed E-state index contributed by atoms with van der Waals surface area (Å²) in [6, 6.07) is 2.08. The van der Waals surface area contributed by atoms with Gasteiger partial charge in [0.2, 0.25) is 0 Å². The van der Waals surface area contributed by atoms with E-state index in [1.165, 1.54) is 4.88 Å². The van der Waals surface area contributed by atoms with Crippen LogP contribution in [0, 0.1) is 5.92 Å². The van der Waals surface area contributed by atoms with Crippen LogP contribution in [0.15, 0.2) is 15.9 Å². The molecular formula is C13H18BrF3N2S. The first-order valence-corrected chi connectivity index (χ1v) is 8.35. The lowest BCUT2D eigenvalue weighted by Crippen LogP contribution is -2.41. The highest BCUT2D eigenvalue weighted by atomic mass is 79.9. The third-order valence-corrected chi connectivity index (χ3v) is 5.27. The van der Waals surface area contributed by atoms with Crippen LogP contribution < -0.4 is 5.32 Å². The number of rotatable bonds is 5. The monoisotopic (exact) mass is 370 g/mol. The van der Waals surface area contributed by atoms with Gasteiger partial charge in [0, 0.05) is 34.4 Å². The van der Waals surface area contributed by atoms with Crippen molar-refractivity contribution in [3.63, 3.8) is 0 Å². The van der Waals surface area contributed by atoms with Crippen LogP contribution in [0.1, 0.15) is 17.7 Å². The molecule has 1 N–H and O–H groups in total. The summed E-state index contributed by atoms with van der Waals surface area (Å²) in [5.74, 6) is -1.10. The van der Waals surface area contributed by atoms with Crippen LogP contribution in [0.5, 0.6) is 0 Å². The van der Waals surface area contributed by atoms with Gasteiger partial charge in [-0.25, -0.2) is 0 Å². The molecular weight excluding hydrogens is 353 g/mol. The predicted molar refractivity (Wildman–Crippen MR) is 78.9 cm³/mol. The summed E-state index contributed by atoms with van der Waals surface area (Å²) in [6.07, 6.45) is -3.54. The largest absolute Gasteiger partial charge is 0.391 e. The maximum atomic E-state index is 12.5. The molecule has 0 atom stereocenters. The first-order valence-electron chi connectivity index (χ1n) is 6.68. The van der Waals surface area contributed by atoms with Crippen molar-refractivity contribution in [2.24, 2.45) is 5.92 Å². The Morgan fingerprint density at radius 3 is 2.60 bits per heavy atom. The van der Waals surface area contributed by atoms with Crippen molar-refractivity contribution >= 4 is 27.3 Å². The van der Waals surface area contributed by atoms with Gasteiger partial charge in [0.05, 0.1) is 5.92 Å². The molecule has 1 aliphatic heterocycles. The number of nitrogens with one attached hydrogen (secondary N) is 1. The molecule has 1 fully saturated rings. The van der Waals surface area contributed by atoms with E-state index in [0.29, 0.717) is 13.1 Å². The summed E-state index contributed by atoms with van der Waals surface area (Å²) < 4.78 is 38.7. The second-order valence-electron chi connectivity index (χ2n) is 5.07. The molecule has 114 valence electrons. The van der Waals surface area contributed by atoms with Crippen LogP contribution >= 0.6 is 27.3 Å². The summed E-state index contributed by atoms with van der Waals surface area (Å²) in [5.41, 5.74) is 0. The Hall–Kier alpha value is -0.110. The number of nitrogens with zero attached hydrogens (tertiary/aromatic N) is 1. The zero-order valence-corrected chi connectivity index (χ0v) is 13.5. The van der Waals surface area contributed by atoms with Crippen LogP contribution in [0.2, 0.25) is 0 Å². The van der Waals surface area contributed by atoms with Crippen molar-refractivity contribution in [2.75, 3.05) is 26.2 Å². The minimum Gasteiger partial charge on any atom is -0.311 e. The third-order valence-electron chi connectivity index (χ3n) is 3.58. The number of hydrogen-bond donors (Lipinski definition) is 1. The summed E-state index contributed by atoms with van der Waals surface area (Å²) in [7, 11) is 0. The molecule has 1 saturated heterocycles. The molecule has 0 aliphatic carbocycles. The van der Waals surface area contributed by atoms with E-state index in [2.05, 4.69) is 32.2 Å². The molecule has 0 aromatic carbocycles.